The van der Waals surface area contributed by atoms with Crippen molar-refractivity contribution < 1.29 is 19.1 Å². The van der Waals surface area contributed by atoms with Crippen LogP contribution in [0.5, 0.6) is 0 Å². The lowest BCUT2D eigenvalue weighted by atomic mass is 10.2. The average molecular weight is 270 g/mol. The number of hydrogen-bond donors (Lipinski definition) is 1. The maximum Gasteiger partial charge on any atom is 0.354 e. The third-order valence-corrected chi connectivity index (χ3v) is 2.43. The van der Waals surface area contributed by atoms with Crippen molar-refractivity contribution in [3.8, 4) is 0 Å². The summed E-state index contributed by atoms with van der Waals surface area (Å²) in [5.74, 6) is -0.957. The minimum Gasteiger partial charge on any atom is -0.461 e. The maximum atomic E-state index is 11.8. The zero-order chi connectivity index (χ0) is 13.4. The van der Waals surface area contributed by atoms with E-state index in [4.69, 9.17) is 9.47 Å². The molecular formula is C11H14N2O4S. The number of carbonyl (C=O) groups excluding carboxylic acids is 2. The molecule has 7 heteroatoms. The fourth-order valence-electron chi connectivity index (χ4n) is 1.09. The van der Waals surface area contributed by atoms with Gasteiger partial charge in [-0.1, -0.05) is 0 Å². The van der Waals surface area contributed by atoms with Crippen molar-refractivity contribution in [1.29, 1.82) is 0 Å². The standard InChI is InChI=1S/C11H14N2O4S/c1-3-17-11(15)9(12-7-16-2)6-10(14)8-4-5-18-13-8/h4-6,12H,3,7H2,1-2H3/b9-6+. The van der Waals surface area contributed by atoms with Crippen LogP contribution < -0.4 is 5.32 Å². The number of allylic oxidation sites excluding steroid dienone is 1. The van der Waals surface area contributed by atoms with Gasteiger partial charge in [-0.3, -0.25) is 4.79 Å². The molecule has 0 fully saturated rings. The summed E-state index contributed by atoms with van der Waals surface area (Å²) >= 11 is 1.17. The number of ether oxygens (including phenoxy) is 2. The van der Waals surface area contributed by atoms with Gasteiger partial charge in [0.1, 0.15) is 18.1 Å². The second-order valence-electron chi connectivity index (χ2n) is 3.14. The van der Waals surface area contributed by atoms with Gasteiger partial charge in [0.05, 0.1) is 6.61 Å². The first-order valence-electron chi connectivity index (χ1n) is 5.25. The highest BCUT2D eigenvalue weighted by Crippen LogP contribution is 2.04. The third-order valence-electron chi connectivity index (χ3n) is 1.87. The van der Waals surface area contributed by atoms with Crippen molar-refractivity contribution in [1.82, 2.24) is 9.69 Å². The summed E-state index contributed by atoms with van der Waals surface area (Å²) in [6, 6.07) is 1.59. The first kappa shape index (κ1) is 14.3. The van der Waals surface area contributed by atoms with Crippen LogP contribution in [0.2, 0.25) is 0 Å². The second-order valence-corrected chi connectivity index (χ2v) is 3.80. The molecule has 98 valence electrons. The van der Waals surface area contributed by atoms with Crippen molar-refractivity contribution in [2.75, 3.05) is 20.4 Å². The summed E-state index contributed by atoms with van der Waals surface area (Å²) in [6.07, 6.45) is 1.16. The molecule has 1 aromatic heterocycles. The minimum atomic E-state index is -0.599. The highest BCUT2D eigenvalue weighted by molar-refractivity contribution is 7.03. The molecule has 0 saturated carbocycles. The van der Waals surface area contributed by atoms with E-state index in [1.807, 2.05) is 0 Å². The molecule has 0 bridgehead atoms. The monoisotopic (exact) mass is 270 g/mol. The first-order valence-corrected chi connectivity index (χ1v) is 6.09. The van der Waals surface area contributed by atoms with Gasteiger partial charge in [-0.25, -0.2) is 4.79 Å². The van der Waals surface area contributed by atoms with Crippen LogP contribution in [0.25, 0.3) is 0 Å². The van der Waals surface area contributed by atoms with E-state index < -0.39 is 5.97 Å². The van der Waals surface area contributed by atoms with Crippen molar-refractivity contribution in [3.63, 3.8) is 0 Å². The molecule has 0 spiro atoms. The van der Waals surface area contributed by atoms with Crippen LogP contribution in [0.1, 0.15) is 17.4 Å². The molecule has 0 atom stereocenters. The minimum absolute atomic E-state index is 0.0525. The number of nitrogens with zero attached hydrogens (tertiary/aromatic N) is 1. The molecule has 1 rings (SSSR count). The van der Waals surface area contributed by atoms with Crippen molar-refractivity contribution >= 4 is 23.3 Å². The molecule has 0 aliphatic carbocycles. The molecule has 0 saturated heterocycles. The lowest BCUT2D eigenvalue weighted by Crippen LogP contribution is -2.25. The van der Waals surface area contributed by atoms with Gasteiger partial charge in [0.15, 0.2) is 0 Å². The number of carbonyl (C=O) groups is 2. The topological polar surface area (TPSA) is 77.5 Å². The van der Waals surface area contributed by atoms with Crippen LogP contribution >= 0.6 is 11.5 Å². The highest BCUT2D eigenvalue weighted by atomic mass is 32.1. The Balaban J connectivity index is 2.80. The molecule has 1 heterocycles. The van der Waals surface area contributed by atoms with Crippen LogP contribution in [-0.2, 0) is 14.3 Å². The lowest BCUT2D eigenvalue weighted by Gasteiger charge is -2.08. The maximum absolute atomic E-state index is 11.8. The summed E-state index contributed by atoms with van der Waals surface area (Å²) < 4.78 is 13.5. The summed E-state index contributed by atoms with van der Waals surface area (Å²) in [4.78, 5) is 23.3. The SMILES string of the molecule is CCOC(=O)/C(=C\C(=O)c1ccsn1)NCOC. The Morgan fingerprint density at radius 1 is 1.56 bits per heavy atom. The Morgan fingerprint density at radius 3 is 2.89 bits per heavy atom. The summed E-state index contributed by atoms with van der Waals surface area (Å²) in [6.45, 7) is 2.03. The van der Waals surface area contributed by atoms with Gasteiger partial charge in [0.2, 0.25) is 5.78 Å². The number of aromatic nitrogens is 1. The van der Waals surface area contributed by atoms with Crippen LogP contribution in [0.3, 0.4) is 0 Å². The summed E-state index contributed by atoms with van der Waals surface area (Å²) in [7, 11) is 1.47. The second kappa shape index (κ2) is 7.57. The van der Waals surface area contributed by atoms with Crippen molar-refractivity contribution in [2.24, 2.45) is 0 Å². The Morgan fingerprint density at radius 2 is 2.33 bits per heavy atom. The number of esters is 1. The van der Waals surface area contributed by atoms with Gasteiger partial charge in [-0.15, -0.1) is 0 Å². The molecule has 0 aliphatic heterocycles. The Kier molecular flexibility index (Phi) is 6.03. The lowest BCUT2D eigenvalue weighted by molar-refractivity contribution is -0.139. The van der Waals surface area contributed by atoms with Gasteiger partial charge in [0, 0.05) is 18.6 Å². The summed E-state index contributed by atoms with van der Waals surface area (Å²) in [5, 5.41) is 4.35. The first-order chi connectivity index (χ1) is 8.69. The normalized spacial score (nSPS) is 11.1. The van der Waals surface area contributed by atoms with Crippen molar-refractivity contribution in [2.45, 2.75) is 6.92 Å². The molecule has 6 nitrogen and oxygen atoms in total. The van der Waals surface area contributed by atoms with E-state index in [-0.39, 0.29) is 24.8 Å². The van der Waals surface area contributed by atoms with E-state index in [0.717, 1.165) is 6.08 Å². The van der Waals surface area contributed by atoms with Crippen LogP contribution in [0, 0.1) is 0 Å². The largest absolute Gasteiger partial charge is 0.461 e. The number of ketones is 1. The predicted molar refractivity (Wildman–Crippen MR) is 66.2 cm³/mol. The van der Waals surface area contributed by atoms with E-state index in [1.165, 1.54) is 18.6 Å². The van der Waals surface area contributed by atoms with Gasteiger partial charge < -0.3 is 14.8 Å². The van der Waals surface area contributed by atoms with Crippen LogP contribution in [0.4, 0.5) is 0 Å². The van der Waals surface area contributed by atoms with E-state index in [9.17, 15) is 9.59 Å². The predicted octanol–water partition coefficient (Wildman–Crippen LogP) is 0.966. The molecular weight excluding hydrogens is 256 g/mol. The number of hydrogen-bond acceptors (Lipinski definition) is 7. The number of nitrogens with one attached hydrogen (secondary N) is 1. The fourth-order valence-corrected chi connectivity index (χ4v) is 1.60. The van der Waals surface area contributed by atoms with Gasteiger partial charge >= 0.3 is 5.97 Å². The molecule has 0 aliphatic rings. The quantitative estimate of drug-likeness (QED) is 0.344. The third kappa shape index (κ3) is 4.27. The zero-order valence-electron chi connectivity index (χ0n) is 10.1. The fraction of sp³-hybridized carbons (Fsp3) is 0.364. The summed E-state index contributed by atoms with van der Waals surface area (Å²) in [5.41, 5.74) is 0.345. The van der Waals surface area contributed by atoms with Crippen LogP contribution in [-0.4, -0.2) is 36.6 Å². The van der Waals surface area contributed by atoms with Gasteiger partial charge in [0.25, 0.3) is 0 Å². The Hall–Kier alpha value is -1.73. The molecule has 1 aromatic rings. The zero-order valence-corrected chi connectivity index (χ0v) is 11.0. The number of rotatable bonds is 7. The molecule has 1 N–H and O–H groups in total. The smallest absolute Gasteiger partial charge is 0.354 e. The molecule has 18 heavy (non-hydrogen) atoms. The van der Waals surface area contributed by atoms with Crippen molar-refractivity contribution in [3.05, 3.63) is 28.9 Å². The molecule has 0 unspecified atom stereocenters. The van der Waals surface area contributed by atoms with E-state index in [2.05, 4.69) is 9.69 Å². The Labute approximate surface area is 109 Å². The molecule has 0 aromatic carbocycles. The highest BCUT2D eigenvalue weighted by Gasteiger charge is 2.14. The van der Waals surface area contributed by atoms with Crippen LogP contribution in [0.15, 0.2) is 23.2 Å². The average Bonchev–Trinajstić information content (AvgIpc) is 2.88. The van der Waals surface area contributed by atoms with Gasteiger partial charge in [-0.2, -0.15) is 4.37 Å². The van der Waals surface area contributed by atoms with E-state index in [0.29, 0.717) is 5.69 Å². The number of methoxy groups -OCH3 is 1. The van der Waals surface area contributed by atoms with E-state index in [1.54, 1.807) is 18.4 Å². The molecule has 0 amide bonds. The van der Waals surface area contributed by atoms with E-state index >= 15 is 0 Å². The molecule has 0 radical (unpaired) electrons. The Bertz CT molecular complexity index is 428. The van der Waals surface area contributed by atoms with Gasteiger partial charge in [-0.05, 0) is 24.5 Å².